The number of likely N-dealkylation sites (tertiary alicyclic amines) is 1. The molecule has 104 valence electrons. The summed E-state index contributed by atoms with van der Waals surface area (Å²) in [5.74, 6) is 0.625. The van der Waals surface area contributed by atoms with E-state index in [0.29, 0.717) is 17.4 Å². The fourth-order valence-electron chi connectivity index (χ4n) is 3.09. The van der Waals surface area contributed by atoms with Crippen molar-refractivity contribution in [2.45, 2.75) is 58.9 Å². The Balaban J connectivity index is 1.84. The predicted octanol–water partition coefficient (Wildman–Crippen LogP) is 2.41. The zero-order chi connectivity index (χ0) is 13.2. The molecule has 18 heavy (non-hydrogen) atoms. The molecule has 3 nitrogen and oxygen atoms in total. The molecule has 1 N–H and O–H groups in total. The lowest BCUT2D eigenvalue weighted by molar-refractivity contribution is -0.138. The first-order chi connectivity index (χ1) is 8.54. The van der Waals surface area contributed by atoms with Crippen LogP contribution in [-0.4, -0.2) is 36.5 Å². The van der Waals surface area contributed by atoms with Crippen LogP contribution in [-0.2, 0) is 4.79 Å². The van der Waals surface area contributed by atoms with Gasteiger partial charge in [0.05, 0.1) is 5.92 Å². The van der Waals surface area contributed by atoms with E-state index in [2.05, 4.69) is 31.0 Å². The number of hydrogen-bond donors (Lipinski definition) is 1. The van der Waals surface area contributed by atoms with Gasteiger partial charge in [-0.3, -0.25) is 4.79 Å². The Kier molecular flexibility index (Phi) is 4.31. The Morgan fingerprint density at radius 2 is 2.00 bits per heavy atom. The quantitative estimate of drug-likeness (QED) is 0.818. The number of rotatable bonds is 2. The highest BCUT2D eigenvalue weighted by atomic mass is 16.2. The van der Waals surface area contributed by atoms with E-state index in [9.17, 15) is 4.79 Å². The van der Waals surface area contributed by atoms with Gasteiger partial charge in [-0.2, -0.15) is 0 Å². The topological polar surface area (TPSA) is 32.3 Å². The molecule has 2 fully saturated rings. The molecule has 0 saturated carbocycles. The summed E-state index contributed by atoms with van der Waals surface area (Å²) < 4.78 is 0. The molecular weight excluding hydrogens is 224 g/mol. The van der Waals surface area contributed by atoms with Crippen molar-refractivity contribution in [2.24, 2.45) is 11.3 Å². The van der Waals surface area contributed by atoms with Crippen molar-refractivity contribution in [2.75, 3.05) is 19.6 Å². The molecule has 0 aromatic rings. The van der Waals surface area contributed by atoms with Gasteiger partial charge in [-0.05, 0) is 38.0 Å². The van der Waals surface area contributed by atoms with Gasteiger partial charge in [0.25, 0.3) is 0 Å². The van der Waals surface area contributed by atoms with Crippen LogP contribution in [0.4, 0.5) is 0 Å². The third kappa shape index (κ3) is 3.05. The van der Waals surface area contributed by atoms with Gasteiger partial charge in [-0.1, -0.05) is 20.3 Å². The Hall–Kier alpha value is -0.570. The first-order valence-corrected chi connectivity index (χ1v) is 7.56. The van der Waals surface area contributed by atoms with E-state index in [4.69, 9.17) is 0 Å². The SMILES string of the molecule is CCC1(C)CCN(C(=O)C2CCC(C)NC2)CC1. The molecule has 0 spiro atoms. The van der Waals surface area contributed by atoms with Crippen molar-refractivity contribution < 1.29 is 4.79 Å². The van der Waals surface area contributed by atoms with Crippen molar-refractivity contribution in [1.29, 1.82) is 0 Å². The molecule has 3 heteroatoms. The van der Waals surface area contributed by atoms with Gasteiger partial charge in [0.2, 0.25) is 5.91 Å². The van der Waals surface area contributed by atoms with E-state index in [1.165, 1.54) is 19.3 Å². The Bertz CT molecular complexity index is 287. The average molecular weight is 252 g/mol. The van der Waals surface area contributed by atoms with Crippen molar-refractivity contribution in [3.8, 4) is 0 Å². The maximum atomic E-state index is 12.4. The Labute approximate surface area is 111 Å². The van der Waals surface area contributed by atoms with Crippen LogP contribution in [0.25, 0.3) is 0 Å². The van der Waals surface area contributed by atoms with Gasteiger partial charge in [-0.15, -0.1) is 0 Å². The maximum Gasteiger partial charge on any atom is 0.226 e. The lowest BCUT2D eigenvalue weighted by Crippen LogP contribution is -2.49. The van der Waals surface area contributed by atoms with Gasteiger partial charge >= 0.3 is 0 Å². The molecule has 2 saturated heterocycles. The molecule has 2 unspecified atom stereocenters. The third-order valence-corrected chi connectivity index (χ3v) is 5.15. The van der Waals surface area contributed by atoms with E-state index >= 15 is 0 Å². The summed E-state index contributed by atoms with van der Waals surface area (Å²) in [5, 5.41) is 3.43. The molecule has 0 radical (unpaired) electrons. The van der Waals surface area contributed by atoms with Gasteiger partial charge < -0.3 is 10.2 Å². The zero-order valence-corrected chi connectivity index (χ0v) is 12.2. The van der Waals surface area contributed by atoms with Crippen LogP contribution >= 0.6 is 0 Å². The van der Waals surface area contributed by atoms with Crippen molar-refractivity contribution in [3.63, 3.8) is 0 Å². The van der Waals surface area contributed by atoms with Crippen molar-refractivity contribution in [1.82, 2.24) is 10.2 Å². The van der Waals surface area contributed by atoms with Gasteiger partial charge in [-0.25, -0.2) is 0 Å². The normalized spacial score (nSPS) is 32.3. The van der Waals surface area contributed by atoms with E-state index in [1.54, 1.807) is 0 Å². The molecule has 2 heterocycles. The standard InChI is InChI=1S/C15H28N2O/c1-4-15(3)7-9-17(10-8-15)14(18)13-6-5-12(2)16-11-13/h12-13,16H,4-11H2,1-3H3. The minimum Gasteiger partial charge on any atom is -0.342 e. The second-order valence-corrected chi connectivity index (χ2v) is 6.57. The van der Waals surface area contributed by atoms with E-state index < -0.39 is 0 Å². The molecule has 0 bridgehead atoms. The Morgan fingerprint density at radius 1 is 1.33 bits per heavy atom. The van der Waals surface area contributed by atoms with Crippen LogP contribution in [0, 0.1) is 11.3 Å². The number of carbonyl (C=O) groups is 1. The molecule has 2 atom stereocenters. The molecule has 0 aromatic heterocycles. The van der Waals surface area contributed by atoms with E-state index in [1.807, 2.05) is 0 Å². The van der Waals surface area contributed by atoms with Crippen LogP contribution < -0.4 is 5.32 Å². The molecule has 0 aromatic carbocycles. The number of amides is 1. The first kappa shape index (κ1) is 13.9. The highest BCUT2D eigenvalue weighted by Gasteiger charge is 2.33. The third-order valence-electron chi connectivity index (χ3n) is 5.15. The van der Waals surface area contributed by atoms with Crippen molar-refractivity contribution in [3.05, 3.63) is 0 Å². The molecule has 0 aliphatic carbocycles. The van der Waals surface area contributed by atoms with E-state index in [-0.39, 0.29) is 5.92 Å². The Morgan fingerprint density at radius 3 is 2.50 bits per heavy atom. The van der Waals surface area contributed by atoms with Crippen LogP contribution in [0.3, 0.4) is 0 Å². The number of nitrogens with one attached hydrogen (secondary N) is 1. The second kappa shape index (κ2) is 5.60. The lowest BCUT2D eigenvalue weighted by Gasteiger charge is -2.41. The van der Waals surface area contributed by atoms with Crippen LogP contribution in [0.5, 0.6) is 0 Å². The summed E-state index contributed by atoms with van der Waals surface area (Å²) in [6.45, 7) is 9.64. The van der Waals surface area contributed by atoms with Gasteiger partial charge in [0.15, 0.2) is 0 Å². The highest BCUT2D eigenvalue weighted by Crippen LogP contribution is 2.34. The number of hydrogen-bond acceptors (Lipinski definition) is 2. The van der Waals surface area contributed by atoms with Gasteiger partial charge in [0.1, 0.15) is 0 Å². The van der Waals surface area contributed by atoms with Crippen LogP contribution in [0.15, 0.2) is 0 Å². The summed E-state index contributed by atoms with van der Waals surface area (Å²) in [7, 11) is 0. The summed E-state index contributed by atoms with van der Waals surface area (Å²) in [6, 6.07) is 0.582. The lowest BCUT2D eigenvalue weighted by atomic mass is 9.78. The summed E-state index contributed by atoms with van der Waals surface area (Å²) in [6.07, 6.45) is 5.78. The fraction of sp³-hybridized carbons (Fsp3) is 0.933. The molecule has 2 rings (SSSR count). The largest absolute Gasteiger partial charge is 0.342 e. The highest BCUT2D eigenvalue weighted by molar-refractivity contribution is 5.79. The minimum absolute atomic E-state index is 0.229. The predicted molar refractivity (Wildman–Crippen MR) is 74.4 cm³/mol. The second-order valence-electron chi connectivity index (χ2n) is 6.57. The fourth-order valence-corrected chi connectivity index (χ4v) is 3.09. The van der Waals surface area contributed by atoms with Gasteiger partial charge in [0, 0.05) is 25.7 Å². The summed E-state index contributed by atoms with van der Waals surface area (Å²) in [5.41, 5.74) is 0.468. The molecular formula is C15H28N2O. The minimum atomic E-state index is 0.229. The average Bonchev–Trinajstić information content (AvgIpc) is 2.40. The summed E-state index contributed by atoms with van der Waals surface area (Å²) >= 11 is 0. The molecule has 2 aliphatic heterocycles. The van der Waals surface area contributed by atoms with E-state index in [0.717, 1.165) is 32.5 Å². The maximum absolute atomic E-state index is 12.4. The van der Waals surface area contributed by atoms with Crippen LogP contribution in [0.1, 0.15) is 52.9 Å². The zero-order valence-electron chi connectivity index (χ0n) is 12.2. The van der Waals surface area contributed by atoms with Crippen molar-refractivity contribution >= 4 is 5.91 Å². The number of piperidine rings is 2. The smallest absolute Gasteiger partial charge is 0.226 e. The number of nitrogens with zero attached hydrogens (tertiary/aromatic N) is 1. The first-order valence-electron chi connectivity index (χ1n) is 7.56. The van der Waals surface area contributed by atoms with Crippen LogP contribution in [0.2, 0.25) is 0 Å². The number of carbonyl (C=O) groups excluding carboxylic acids is 1. The molecule has 2 aliphatic rings. The molecule has 1 amide bonds. The summed E-state index contributed by atoms with van der Waals surface area (Å²) in [4.78, 5) is 14.6. The monoisotopic (exact) mass is 252 g/mol.